The summed E-state index contributed by atoms with van der Waals surface area (Å²) in [6, 6.07) is 0. The highest BCUT2D eigenvalue weighted by Gasteiger charge is 2.14. The minimum absolute atomic E-state index is 0.918. The summed E-state index contributed by atoms with van der Waals surface area (Å²) in [6.45, 7) is 4.82. The van der Waals surface area contributed by atoms with E-state index in [-0.39, 0.29) is 0 Å². The predicted molar refractivity (Wildman–Crippen MR) is 52.6 cm³/mol. The monoisotopic (exact) mass is 179 g/mol. The molecule has 0 bridgehead atoms. The van der Waals surface area contributed by atoms with Crippen LogP contribution in [0, 0.1) is 0 Å². The summed E-state index contributed by atoms with van der Waals surface area (Å²) < 4.78 is 0. The molecule has 2 rings (SSSR count). The molecule has 1 fully saturated rings. The average molecular weight is 179 g/mol. The molecule has 0 aliphatic carbocycles. The van der Waals surface area contributed by atoms with E-state index in [1.54, 1.807) is 0 Å². The molecule has 0 spiro atoms. The minimum Gasteiger partial charge on any atom is -0.372 e. The lowest BCUT2D eigenvalue weighted by Crippen LogP contribution is -2.40. The van der Waals surface area contributed by atoms with Gasteiger partial charge in [0.05, 0.1) is 6.54 Å². The zero-order valence-electron chi connectivity index (χ0n) is 7.98. The third-order valence-electron chi connectivity index (χ3n) is 2.31. The normalized spacial score (nSPS) is 23.3. The molecule has 71 valence electrons. The Bertz CT molecular complexity index is 228. The number of aliphatic imine (C=N–C) groups is 1. The standard InChI is InChI=1S/C9H15N4/c1-12-5-4-11-9(8-12)13-6-2-10-3-7-13/h4,8H,2-3,5-7H2,1H3. The van der Waals surface area contributed by atoms with Gasteiger partial charge in [-0.3, -0.25) is 0 Å². The zero-order valence-corrected chi connectivity index (χ0v) is 7.98. The summed E-state index contributed by atoms with van der Waals surface area (Å²) in [5, 5.41) is 4.31. The number of rotatable bonds is 1. The number of nitrogens with zero attached hydrogens (tertiary/aromatic N) is 4. The van der Waals surface area contributed by atoms with Crippen LogP contribution in [0.1, 0.15) is 0 Å². The molecule has 0 amide bonds. The Labute approximate surface area is 78.9 Å². The molecule has 13 heavy (non-hydrogen) atoms. The van der Waals surface area contributed by atoms with Gasteiger partial charge in [-0.1, -0.05) is 0 Å². The molecule has 4 nitrogen and oxygen atoms in total. The van der Waals surface area contributed by atoms with Crippen molar-refractivity contribution in [1.82, 2.24) is 15.1 Å². The van der Waals surface area contributed by atoms with E-state index in [1.165, 1.54) is 0 Å². The molecule has 0 aromatic heterocycles. The first-order chi connectivity index (χ1) is 6.36. The second-order valence-corrected chi connectivity index (χ2v) is 3.40. The molecule has 0 aromatic carbocycles. The molecule has 2 aliphatic rings. The first-order valence-electron chi connectivity index (χ1n) is 4.69. The molecule has 2 heterocycles. The van der Waals surface area contributed by atoms with E-state index in [0.717, 1.165) is 38.5 Å². The summed E-state index contributed by atoms with van der Waals surface area (Å²) in [7, 11) is 2.07. The van der Waals surface area contributed by atoms with Crippen LogP contribution >= 0.6 is 0 Å². The fourth-order valence-corrected chi connectivity index (χ4v) is 1.55. The summed E-state index contributed by atoms with van der Waals surface area (Å²) in [5.41, 5.74) is 0. The van der Waals surface area contributed by atoms with E-state index < -0.39 is 0 Å². The van der Waals surface area contributed by atoms with Gasteiger partial charge in [0.2, 0.25) is 0 Å². The number of hydrogen-bond acceptors (Lipinski definition) is 3. The van der Waals surface area contributed by atoms with Crippen molar-refractivity contribution in [3.8, 4) is 0 Å². The second kappa shape index (κ2) is 3.79. The molecular formula is C9H15N4. The quantitative estimate of drug-likeness (QED) is 0.554. The van der Waals surface area contributed by atoms with Crippen LogP contribution in [0.4, 0.5) is 0 Å². The van der Waals surface area contributed by atoms with Crippen molar-refractivity contribution in [3.05, 3.63) is 12.0 Å². The van der Waals surface area contributed by atoms with Crippen molar-refractivity contribution in [2.24, 2.45) is 4.99 Å². The van der Waals surface area contributed by atoms with Gasteiger partial charge in [0, 0.05) is 45.6 Å². The summed E-state index contributed by atoms with van der Waals surface area (Å²) in [5.74, 6) is 1.09. The molecule has 0 saturated carbocycles. The van der Waals surface area contributed by atoms with Crippen LogP contribution in [0.5, 0.6) is 0 Å². The smallest absolute Gasteiger partial charge is 0.144 e. The predicted octanol–water partition coefficient (Wildman–Crippen LogP) is -0.278. The summed E-state index contributed by atoms with van der Waals surface area (Å²) in [6.07, 6.45) is 4.06. The van der Waals surface area contributed by atoms with Gasteiger partial charge in [-0.2, -0.15) is 0 Å². The minimum atomic E-state index is 0.918. The van der Waals surface area contributed by atoms with Gasteiger partial charge in [0.1, 0.15) is 5.82 Å². The highest BCUT2D eigenvalue weighted by molar-refractivity contribution is 5.62. The molecule has 0 aromatic rings. The van der Waals surface area contributed by atoms with Gasteiger partial charge >= 0.3 is 0 Å². The van der Waals surface area contributed by atoms with E-state index in [9.17, 15) is 0 Å². The zero-order chi connectivity index (χ0) is 9.10. The van der Waals surface area contributed by atoms with Gasteiger partial charge in [-0.25, -0.2) is 10.3 Å². The SMILES string of the molecule is CN1C=C(N2CC[N]CC2)N=CC1. The van der Waals surface area contributed by atoms with E-state index in [1.807, 2.05) is 6.21 Å². The van der Waals surface area contributed by atoms with Crippen molar-refractivity contribution >= 4 is 6.21 Å². The maximum atomic E-state index is 4.38. The van der Waals surface area contributed by atoms with Crippen molar-refractivity contribution in [1.29, 1.82) is 0 Å². The van der Waals surface area contributed by atoms with Crippen molar-refractivity contribution < 1.29 is 0 Å². The highest BCUT2D eigenvalue weighted by Crippen LogP contribution is 2.10. The molecule has 2 aliphatic heterocycles. The average Bonchev–Trinajstić information content (AvgIpc) is 2.19. The Kier molecular flexibility index (Phi) is 2.49. The van der Waals surface area contributed by atoms with Gasteiger partial charge in [-0.05, 0) is 0 Å². The molecule has 1 saturated heterocycles. The lowest BCUT2D eigenvalue weighted by Gasteiger charge is -2.30. The van der Waals surface area contributed by atoms with E-state index in [2.05, 4.69) is 33.4 Å². The molecule has 0 atom stereocenters. The van der Waals surface area contributed by atoms with Crippen molar-refractivity contribution in [2.45, 2.75) is 0 Å². The highest BCUT2D eigenvalue weighted by atomic mass is 15.3. The fraction of sp³-hybridized carbons (Fsp3) is 0.667. The van der Waals surface area contributed by atoms with Gasteiger partial charge in [0.25, 0.3) is 0 Å². The molecule has 0 unspecified atom stereocenters. The second-order valence-electron chi connectivity index (χ2n) is 3.40. The van der Waals surface area contributed by atoms with Gasteiger partial charge < -0.3 is 9.80 Å². The van der Waals surface area contributed by atoms with E-state index >= 15 is 0 Å². The third kappa shape index (κ3) is 2.01. The summed E-state index contributed by atoms with van der Waals surface area (Å²) >= 11 is 0. The lowest BCUT2D eigenvalue weighted by atomic mass is 10.3. The van der Waals surface area contributed by atoms with Crippen LogP contribution in [0.25, 0.3) is 0 Å². The Morgan fingerprint density at radius 3 is 2.77 bits per heavy atom. The maximum Gasteiger partial charge on any atom is 0.144 e. The third-order valence-corrected chi connectivity index (χ3v) is 2.31. The van der Waals surface area contributed by atoms with E-state index in [0.29, 0.717) is 0 Å². The summed E-state index contributed by atoms with van der Waals surface area (Å²) in [4.78, 5) is 8.82. The Morgan fingerprint density at radius 2 is 2.08 bits per heavy atom. The first kappa shape index (κ1) is 8.56. The van der Waals surface area contributed by atoms with Crippen molar-refractivity contribution in [3.63, 3.8) is 0 Å². The van der Waals surface area contributed by atoms with Crippen LogP contribution in [0.2, 0.25) is 0 Å². The molecule has 4 heteroatoms. The fourth-order valence-electron chi connectivity index (χ4n) is 1.55. The van der Waals surface area contributed by atoms with E-state index in [4.69, 9.17) is 0 Å². The molecule has 0 N–H and O–H groups in total. The van der Waals surface area contributed by atoms with Crippen LogP contribution in [0.3, 0.4) is 0 Å². The number of piperazine rings is 1. The maximum absolute atomic E-state index is 4.38. The van der Waals surface area contributed by atoms with Crippen LogP contribution in [-0.2, 0) is 0 Å². The molecular weight excluding hydrogens is 164 g/mol. The molecule has 1 radical (unpaired) electrons. The van der Waals surface area contributed by atoms with Crippen LogP contribution < -0.4 is 5.32 Å². The topological polar surface area (TPSA) is 32.9 Å². The van der Waals surface area contributed by atoms with Crippen LogP contribution in [-0.4, -0.2) is 55.8 Å². The van der Waals surface area contributed by atoms with Gasteiger partial charge in [-0.15, -0.1) is 0 Å². The van der Waals surface area contributed by atoms with Crippen LogP contribution in [0.15, 0.2) is 17.0 Å². The van der Waals surface area contributed by atoms with Gasteiger partial charge in [0.15, 0.2) is 0 Å². The Morgan fingerprint density at radius 1 is 1.31 bits per heavy atom. The Hall–Kier alpha value is -1.03. The number of hydrogen-bond donors (Lipinski definition) is 0. The van der Waals surface area contributed by atoms with Crippen molar-refractivity contribution in [2.75, 3.05) is 39.8 Å². The first-order valence-corrected chi connectivity index (χ1v) is 4.69. The Balaban J connectivity index is 2.02. The largest absolute Gasteiger partial charge is 0.372 e. The lowest BCUT2D eigenvalue weighted by molar-refractivity contribution is 0.284.